The maximum Gasteiger partial charge on any atom is 0.0766 e. The minimum atomic E-state index is 0.272. The molecule has 0 aliphatic heterocycles. The molecule has 1 aromatic rings. The Morgan fingerprint density at radius 2 is 2.16 bits per heavy atom. The first kappa shape index (κ1) is 16.6. The average Bonchev–Trinajstić information content (AvgIpc) is 2.69. The first-order valence-electron chi connectivity index (χ1n) is 6.58. The van der Waals surface area contributed by atoms with Crippen molar-refractivity contribution in [2.45, 2.75) is 25.8 Å². The van der Waals surface area contributed by atoms with Crippen LogP contribution in [0.25, 0.3) is 0 Å². The van der Waals surface area contributed by atoms with Crippen LogP contribution in [0.2, 0.25) is 0 Å². The van der Waals surface area contributed by atoms with Crippen molar-refractivity contribution in [1.82, 2.24) is 15.1 Å². The van der Waals surface area contributed by atoms with E-state index in [1.54, 1.807) is 7.11 Å². The number of nitrogens with one attached hydrogen (secondary N) is 1. The third kappa shape index (κ3) is 4.87. The molecule has 1 rings (SSSR count). The van der Waals surface area contributed by atoms with Gasteiger partial charge in [-0.2, -0.15) is 5.10 Å². The summed E-state index contributed by atoms with van der Waals surface area (Å²) in [7, 11) is 5.62. The molecule has 1 unspecified atom stereocenters. The molecule has 0 aliphatic rings. The van der Waals surface area contributed by atoms with Crippen molar-refractivity contribution >= 4 is 15.9 Å². The summed E-state index contributed by atoms with van der Waals surface area (Å²) in [6.07, 6.45) is 1.82. The lowest BCUT2D eigenvalue weighted by Crippen LogP contribution is -2.33. The Hall–Kier alpha value is -0.430. The lowest BCUT2D eigenvalue weighted by Gasteiger charge is -2.16. The fourth-order valence-electron chi connectivity index (χ4n) is 1.89. The predicted molar refractivity (Wildman–Crippen MR) is 79.5 cm³/mol. The van der Waals surface area contributed by atoms with Gasteiger partial charge >= 0.3 is 0 Å². The van der Waals surface area contributed by atoms with Crippen LogP contribution in [-0.4, -0.2) is 49.8 Å². The Bertz CT molecular complexity index is 382. The molecule has 19 heavy (non-hydrogen) atoms. The number of aromatic nitrogens is 2. The fourth-order valence-corrected chi connectivity index (χ4v) is 2.67. The highest BCUT2D eigenvalue weighted by Crippen LogP contribution is 2.22. The molecular weight excluding hydrogens is 310 g/mol. The van der Waals surface area contributed by atoms with Crippen molar-refractivity contribution in [3.8, 4) is 0 Å². The fraction of sp³-hybridized carbons (Fsp3) is 0.769. The molecule has 1 atom stereocenters. The topological polar surface area (TPSA) is 48.3 Å². The Labute approximate surface area is 123 Å². The van der Waals surface area contributed by atoms with Gasteiger partial charge in [-0.25, -0.2) is 0 Å². The molecule has 5 nitrogen and oxygen atoms in total. The van der Waals surface area contributed by atoms with Crippen molar-refractivity contribution in [3.05, 3.63) is 15.9 Å². The number of hydrogen-bond donors (Lipinski definition) is 1. The molecule has 0 saturated heterocycles. The highest BCUT2D eigenvalue weighted by molar-refractivity contribution is 9.10. The number of likely N-dealkylation sites (N-methyl/N-ethyl adjacent to an activating group) is 1. The van der Waals surface area contributed by atoms with E-state index in [-0.39, 0.29) is 6.04 Å². The van der Waals surface area contributed by atoms with Crippen LogP contribution >= 0.6 is 15.9 Å². The van der Waals surface area contributed by atoms with E-state index in [9.17, 15) is 0 Å². The van der Waals surface area contributed by atoms with Crippen LogP contribution in [-0.2, 0) is 29.4 Å². The Morgan fingerprint density at radius 3 is 2.68 bits per heavy atom. The quantitative estimate of drug-likeness (QED) is 0.696. The summed E-state index contributed by atoms with van der Waals surface area (Å²) in [4.78, 5) is 0. The summed E-state index contributed by atoms with van der Waals surface area (Å²) >= 11 is 3.64. The molecule has 0 saturated carbocycles. The number of aryl methyl sites for hydroxylation is 2. The van der Waals surface area contributed by atoms with Crippen molar-refractivity contribution in [1.29, 1.82) is 0 Å². The lowest BCUT2D eigenvalue weighted by molar-refractivity contribution is 0.0595. The van der Waals surface area contributed by atoms with E-state index < -0.39 is 0 Å². The van der Waals surface area contributed by atoms with E-state index >= 15 is 0 Å². The molecule has 0 fully saturated rings. The summed E-state index contributed by atoms with van der Waals surface area (Å²) in [5.74, 6) is 0. The van der Waals surface area contributed by atoms with Gasteiger partial charge in [0.25, 0.3) is 0 Å². The van der Waals surface area contributed by atoms with Crippen molar-refractivity contribution < 1.29 is 9.47 Å². The van der Waals surface area contributed by atoms with Crippen LogP contribution in [0, 0.1) is 0 Å². The SMILES string of the molecule is CCc1nn(C)c(CC(COCCOC)NC)c1Br. The number of methoxy groups -OCH3 is 1. The molecule has 110 valence electrons. The maximum absolute atomic E-state index is 5.58. The first-order chi connectivity index (χ1) is 9.13. The van der Waals surface area contributed by atoms with E-state index in [1.165, 1.54) is 5.69 Å². The molecule has 0 aromatic carbocycles. The van der Waals surface area contributed by atoms with Crippen molar-refractivity contribution in [2.75, 3.05) is 34.0 Å². The number of ether oxygens (including phenoxy) is 2. The van der Waals surface area contributed by atoms with Crippen LogP contribution in [0.15, 0.2) is 4.47 Å². The van der Waals surface area contributed by atoms with Crippen LogP contribution in [0.1, 0.15) is 18.3 Å². The van der Waals surface area contributed by atoms with Gasteiger partial charge in [0.05, 0.1) is 35.7 Å². The zero-order chi connectivity index (χ0) is 14.3. The maximum atomic E-state index is 5.58. The molecule has 1 aromatic heterocycles. The molecule has 0 radical (unpaired) electrons. The van der Waals surface area contributed by atoms with Gasteiger partial charge in [-0.05, 0) is 29.4 Å². The minimum Gasteiger partial charge on any atom is -0.382 e. The number of halogens is 1. The summed E-state index contributed by atoms with van der Waals surface area (Å²) in [6.45, 7) is 4.03. The van der Waals surface area contributed by atoms with Gasteiger partial charge in [-0.1, -0.05) is 6.92 Å². The number of hydrogen-bond acceptors (Lipinski definition) is 4. The molecule has 0 aliphatic carbocycles. The third-order valence-electron chi connectivity index (χ3n) is 3.10. The lowest BCUT2D eigenvalue weighted by atomic mass is 10.1. The Kier molecular flexibility index (Phi) is 7.60. The van der Waals surface area contributed by atoms with E-state index in [0.29, 0.717) is 19.8 Å². The highest BCUT2D eigenvalue weighted by Gasteiger charge is 2.16. The predicted octanol–water partition coefficient (Wildman–Crippen LogP) is 1.54. The van der Waals surface area contributed by atoms with Crippen molar-refractivity contribution in [2.24, 2.45) is 7.05 Å². The molecule has 6 heteroatoms. The summed E-state index contributed by atoms with van der Waals surface area (Å²) in [6, 6.07) is 0.272. The third-order valence-corrected chi connectivity index (χ3v) is 4.02. The second kappa shape index (κ2) is 8.68. The largest absolute Gasteiger partial charge is 0.382 e. The zero-order valence-corrected chi connectivity index (χ0v) is 13.8. The normalized spacial score (nSPS) is 12.9. The van der Waals surface area contributed by atoms with E-state index in [4.69, 9.17) is 9.47 Å². The van der Waals surface area contributed by atoms with Gasteiger partial charge in [0.1, 0.15) is 0 Å². The van der Waals surface area contributed by atoms with E-state index in [2.05, 4.69) is 33.3 Å². The smallest absolute Gasteiger partial charge is 0.0766 e. The zero-order valence-electron chi connectivity index (χ0n) is 12.2. The molecular formula is C13H24BrN3O2. The summed E-state index contributed by atoms with van der Waals surface area (Å²) in [5, 5.41) is 7.79. The molecule has 1 N–H and O–H groups in total. The number of nitrogens with zero attached hydrogens (tertiary/aromatic N) is 2. The van der Waals surface area contributed by atoms with Crippen LogP contribution in [0.3, 0.4) is 0 Å². The first-order valence-corrected chi connectivity index (χ1v) is 7.37. The van der Waals surface area contributed by atoms with Crippen LogP contribution in [0.4, 0.5) is 0 Å². The molecule has 0 spiro atoms. The molecule has 1 heterocycles. The van der Waals surface area contributed by atoms with Crippen LogP contribution < -0.4 is 5.32 Å². The minimum absolute atomic E-state index is 0.272. The summed E-state index contributed by atoms with van der Waals surface area (Å²) in [5.41, 5.74) is 2.30. The van der Waals surface area contributed by atoms with Gasteiger partial charge in [0.15, 0.2) is 0 Å². The van der Waals surface area contributed by atoms with Gasteiger partial charge < -0.3 is 14.8 Å². The van der Waals surface area contributed by atoms with Gasteiger partial charge in [0, 0.05) is 26.6 Å². The standard InChI is InChI=1S/C13H24BrN3O2/c1-5-11-13(14)12(17(3)16-11)8-10(15-2)9-19-7-6-18-4/h10,15H,5-9H2,1-4H3. The molecule has 0 amide bonds. The van der Waals surface area contributed by atoms with E-state index in [0.717, 1.165) is 23.0 Å². The second-order valence-electron chi connectivity index (χ2n) is 4.44. The van der Waals surface area contributed by atoms with E-state index in [1.807, 2.05) is 18.8 Å². The van der Waals surface area contributed by atoms with Crippen LogP contribution in [0.5, 0.6) is 0 Å². The van der Waals surface area contributed by atoms with Gasteiger partial charge in [-0.3, -0.25) is 4.68 Å². The highest BCUT2D eigenvalue weighted by atomic mass is 79.9. The average molecular weight is 334 g/mol. The van der Waals surface area contributed by atoms with Crippen molar-refractivity contribution in [3.63, 3.8) is 0 Å². The monoisotopic (exact) mass is 333 g/mol. The number of rotatable bonds is 9. The van der Waals surface area contributed by atoms with Gasteiger partial charge in [-0.15, -0.1) is 0 Å². The Morgan fingerprint density at radius 1 is 1.42 bits per heavy atom. The summed E-state index contributed by atoms with van der Waals surface area (Å²) < 4.78 is 13.6. The Balaban J connectivity index is 2.57. The molecule has 0 bridgehead atoms. The van der Waals surface area contributed by atoms with Gasteiger partial charge in [0.2, 0.25) is 0 Å². The second-order valence-corrected chi connectivity index (χ2v) is 5.23.